The number of hydrogen-bond donors (Lipinski definition) is 1. The molecule has 0 saturated heterocycles. The summed E-state index contributed by atoms with van der Waals surface area (Å²) in [6, 6.07) is 8.43. The third-order valence-electron chi connectivity index (χ3n) is 2.21. The summed E-state index contributed by atoms with van der Waals surface area (Å²) in [5, 5.41) is 0. The summed E-state index contributed by atoms with van der Waals surface area (Å²) in [6.45, 7) is 0. The highest BCUT2D eigenvalue weighted by atomic mass is 16.6. The van der Waals surface area contributed by atoms with Gasteiger partial charge in [0.05, 0.1) is 14.2 Å². The molecular weight excluding hydrogens is 238 g/mol. The molecular formula is C12H15NO5. The number of benzene rings is 1. The smallest absolute Gasteiger partial charge is 0.366 e. The maximum absolute atomic E-state index is 11.6. The maximum atomic E-state index is 11.6. The van der Waals surface area contributed by atoms with Gasteiger partial charge in [-0.15, -0.1) is 0 Å². The van der Waals surface area contributed by atoms with E-state index in [9.17, 15) is 9.59 Å². The minimum absolute atomic E-state index is 0.356. The summed E-state index contributed by atoms with van der Waals surface area (Å²) in [5.41, 5.74) is 3.86. The lowest BCUT2D eigenvalue weighted by atomic mass is 10.1. The Labute approximate surface area is 105 Å². The van der Waals surface area contributed by atoms with Crippen molar-refractivity contribution in [2.24, 2.45) is 5.73 Å². The van der Waals surface area contributed by atoms with Crippen LogP contribution in [0.5, 0.6) is 5.75 Å². The lowest BCUT2D eigenvalue weighted by molar-refractivity contribution is -0.165. The number of methoxy groups -OCH3 is 2. The number of esters is 2. The number of hydrogen-bond acceptors (Lipinski definition) is 6. The highest BCUT2D eigenvalue weighted by Gasteiger charge is 2.41. The number of nitrogens with two attached hydrogens (primary N) is 1. The molecule has 98 valence electrons. The fourth-order valence-corrected chi connectivity index (χ4v) is 1.31. The van der Waals surface area contributed by atoms with Crippen molar-refractivity contribution in [2.45, 2.75) is 12.1 Å². The Morgan fingerprint density at radius 3 is 2.28 bits per heavy atom. The molecule has 1 rings (SSSR count). The van der Waals surface area contributed by atoms with E-state index in [0.29, 0.717) is 5.75 Å². The molecule has 0 aliphatic carbocycles. The first-order valence-corrected chi connectivity index (χ1v) is 5.20. The predicted octanol–water partition coefficient (Wildman–Crippen LogP) is 0.456. The predicted molar refractivity (Wildman–Crippen MR) is 62.6 cm³/mol. The lowest BCUT2D eigenvalue weighted by Crippen LogP contribution is -2.55. The molecule has 1 atom stereocenters. The van der Waals surface area contributed by atoms with Gasteiger partial charge in [-0.1, -0.05) is 18.2 Å². The van der Waals surface area contributed by atoms with Crippen LogP contribution in [0.25, 0.3) is 0 Å². The largest absolute Gasteiger partial charge is 0.469 e. The summed E-state index contributed by atoms with van der Waals surface area (Å²) >= 11 is 0. The van der Waals surface area contributed by atoms with E-state index in [4.69, 9.17) is 10.5 Å². The molecule has 0 amide bonds. The first kappa shape index (κ1) is 14.0. The molecule has 6 heteroatoms. The van der Waals surface area contributed by atoms with Gasteiger partial charge in [0.1, 0.15) is 12.2 Å². The van der Waals surface area contributed by atoms with Gasteiger partial charge in [-0.2, -0.15) is 0 Å². The van der Waals surface area contributed by atoms with Crippen LogP contribution in [0.2, 0.25) is 0 Å². The zero-order valence-electron chi connectivity index (χ0n) is 10.2. The molecule has 0 fully saturated rings. The number of ether oxygens (including phenoxy) is 3. The van der Waals surface area contributed by atoms with E-state index in [0.717, 1.165) is 7.11 Å². The second-order valence-electron chi connectivity index (χ2n) is 3.55. The topological polar surface area (TPSA) is 87.9 Å². The third-order valence-corrected chi connectivity index (χ3v) is 2.21. The van der Waals surface area contributed by atoms with E-state index in [1.54, 1.807) is 30.3 Å². The van der Waals surface area contributed by atoms with Crippen molar-refractivity contribution in [2.75, 3.05) is 14.2 Å². The molecule has 1 aromatic carbocycles. The standard InChI is InChI=1S/C12H15NO5/c1-16-10(14)8-12(13,11(15)17-2)18-9-6-4-3-5-7-9/h3-7H,8,13H2,1-2H3. The van der Waals surface area contributed by atoms with Crippen LogP contribution in [0.3, 0.4) is 0 Å². The Balaban J connectivity index is 2.91. The summed E-state index contributed by atoms with van der Waals surface area (Å²) in [5.74, 6) is -1.16. The average molecular weight is 253 g/mol. The zero-order valence-corrected chi connectivity index (χ0v) is 10.2. The number of rotatable bonds is 5. The highest BCUT2D eigenvalue weighted by Crippen LogP contribution is 2.19. The number of para-hydroxylation sites is 1. The lowest BCUT2D eigenvalue weighted by Gasteiger charge is -2.26. The van der Waals surface area contributed by atoms with Crippen LogP contribution < -0.4 is 10.5 Å². The quantitative estimate of drug-likeness (QED) is 0.605. The van der Waals surface area contributed by atoms with Crippen molar-refractivity contribution in [1.82, 2.24) is 0 Å². The van der Waals surface area contributed by atoms with E-state index in [1.807, 2.05) is 0 Å². The van der Waals surface area contributed by atoms with E-state index in [-0.39, 0.29) is 0 Å². The monoisotopic (exact) mass is 253 g/mol. The molecule has 6 nitrogen and oxygen atoms in total. The van der Waals surface area contributed by atoms with Crippen LogP contribution in [-0.4, -0.2) is 31.9 Å². The molecule has 0 aromatic heterocycles. The van der Waals surface area contributed by atoms with Gasteiger partial charge < -0.3 is 14.2 Å². The van der Waals surface area contributed by atoms with Gasteiger partial charge in [-0.3, -0.25) is 10.5 Å². The molecule has 0 heterocycles. The number of carbonyl (C=O) groups excluding carboxylic acids is 2. The third kappa shape index (κ3) is 3.46. The average Bonchev–Trinajstić information content (AvgIpc) is 2.38. The van der Waals surface area contributed by atoms with E-state index in [1.165, 1.54) is 7.11 Å². The van der Waals surface area contributed by atoms with Crippen molar-refractivity contribution in [1.29, 1.82) is 0 Å². The molecule has 1 aromatic rings. The summed E-state index contributed by atoms with van der Waals surface area (Å²) < 4.78 is 14.3. The Hall–Kier alpha value is -2.08. The van der Waals surface area contributed by atoms with E-state index in [2.05, 4.69) is 9.47 Å². The summed E-state index contributed by atoms with van der Waals surface area (Å²) in [7, 11) is 2.36. The Kier molecular flexibility index (Phi) is 4.67. The van der Waals surface area contributed by atoms with Crippen LogP contribution in [0.1, 0.15) is 6.42 Å². The molecule has 0 aliphatic rings. The Morgan fingerprint density at radius 1 is 1.17 bits per heavy atom. The van der Waals surface area contributed by atoms with Gasteiger partial charge in [-0.25, -0.2) is 4.79 Å². The van der Waals surface area contributed by atoms with Gasteiger partial charge in [-0.05, 0) is 12.1 Å². The van der Waals surface area contributed by atoms with E-state index >= 15 is 0 Å². The first-order valence-electron chi connectivity index (χ1n) is 5.20. The van der Waals surface area contributed by atoms with Crippen molar-refractivity contribution >= 4 is 11.9 Å². The van der Waals surface area contributed by atoms with Gasteiger partial charge in [0.25, 0.3) is 5.72 Å². The Morgan fingerprint density at radius 2 is 1.78 bits per heavy atom. The van der Waals surface area contributed by atoms with Crippen LogP contribution in [-0.2, 0) is 19.1 Å². The minimum atomic E-state index is -1.90. The maximum Gasteiger partial charge on any atom is 0.366 e. The second-order valence-corrected chi connectivity index (χ2v) is 3.55. The second kappa shape index (κ2) is 6.02. The van der Waals surface area contributed by atoms with Crippen LogP contribution in [0, 0.1) is 0 Å². The fraction of sp³-hybridized carbons (Fsp3) is 0.333. The van der Waals surface area contributed by atoms with Crippen LogP contribution in [0.15, 0.2) is 30.3 Å². The minimum Gasteiger partial charge on any atom is -0.469 e. The first-order chi connectivity index (χ1) is 8.51. The van der Waals surface area contributed by atoms with Crippen LogP contribution >= 0.6 is 0 Å². The van der Waals surface area contributed by atoms with Gasteiger partial charge in [0.15, 0.2) is 0 Å². The van der Waals surface area contributed by atoms with Gasteiger partial charge in [0, 0.05) is 0 Å². The van der Waals surface area contributed by atoms with Crippen molar-refractivity contribution < 1.29 is 23.8 Å². The summed E-state index contributed by atoms with van der Waals surface area (Å²) in [6.07, 6.45) is -0.439. The Bertz CT molecular complexity index is 420. The van der Waals surface area contributed by atoms with Crippen molar-refractivity contribution in [3.8, 4) is 5.75 Å². The molecule has 0 spiro atoms. The molecule has 0 saturated carbocycles. The highest BCUT2D eigenvalue weighted by molar-refractivity contribution is 5.85. The molecule has 0 aliphatic heterocycles. The normalized spacial score (nSPS) is 13.3. The molecule has 0 radical (unpaired) electrons. The summed E-state index contributed by atoms with van der Waals surface area (Å²) in [4.78, 5) is 22.9. The van der Waals surface area contributed by atoms with Crippen molar-refractivity contribution in [3.63, 3.8) is 0 Å². The SMILES string of the molecule is COC(=O)CC(N)(Oc1ccccc1)C(=O)OC. The van der Waals surface area contributed by atoms with Crippen molar-refractivity contribution in [3.05, 3.63) is 30.3 Å². The molecule has 1 unspecified atom stereocenters. The van der Waals surface area contributed by atoms with Gasteiger partial charge in [0.2, 0.25) is 0 Å². The zero-order chi connectivity index (χ0) is 13.6. The van der Waals surface area contributed by atoms with E-state index < -0.39 is 24.1 Å². The number of carbonyl (C=O) groups is 2. The molecule has 2 N–H and O–H groups in total. The van der Waals surface area contributed by atoms with Gasteiger partial charge >= 0.3 is 11.9 Å². The van der Waals surface area contributed by atoms with Crippen LogP contribution in [0.4, 0.5) is 0 Å². The molecule has 18 heavy (non-hydrogen) atoms. The fourth-order valence-electron chi connectivity index (χ4n) is 1.31. The molecule has 0 bridgehead atoms.